The van der Waals surface area contributed by atoms with E-state index in [0.29, 0.717) is 35.1 Å². The van der Waals surface area contributed by atoms with Crippen LogP contribution in [0, 0.1) is 13.8 Å². The van der Waals surface area contributed by atoms with Crippen LogP contribution in [0.3, 0.4) is 0 Å². The molecule has 0 spiro atoms. The smallest absolute Gasteiger partial charge is 0.255 e. The maximum Gasteiger partial charge on any atom is 0.255 e. The molecule has 0 bridgehead atoms. The van der Waals surface area contributed by atoms with E-state index in [-0.39, 0.29) is 5.91 Å². The fourth-order valence-electron chi connectivity index (χ4n) is 3.44. The van der Waals surface area contributed by atoms with Crippen LogP contribution in [0.25, 0.3) is 5.65 Å². The molecule has 1 N–H and O–H groups in total. The van der Waals surface area contributed by atoms with Crippen molar-refractivity contribution in [3.8, 4) is 17.2 Å². The van der Waals surface area contributed by atoms with Crippen LogP contribution in [-0.4, -0.2) is 29.5 Å². The lowest BCUT2D eigenvalue weighted by Gasteiger charge is -2.14. The molecule has 4 rings (SSSR count). The van der Waals surface area contributed by atoms with E-state index in [9.17, 15) is 4.79 Å². The molecule has 2 aromatic heterocycles. The number of imidazole rings is 1. The Bertz CT molecular complexity index is 1260. The zero-order chi connectivity index (χ0) is 22.7. The van der Waals surface area contributed by atoms with Gasteiger partial charge in [0.1, 0.15) is 18.0 Å². The number of fused-ring (bicyclic) bond motifs is 1. The first-order valence-corrected chi connectivity index (χ1v) is 10.2. The number of methoxy groups -OCH3 is 2. The summed E-state index contributed by atoms with van der Waals surface area (Å²) in [6, 6.07) is 14.6. The molecule has 164 valence electrons. The van der Waals surface area contributed by atoms with Gasteiger partial charge in [-0.1, -0.05) is 6.07 Å². The molecule has 0 fully saturated rings. The Morgan fingerprint density at radius 1 is 1.00 bits per heavy atom. The van der Waals surface area contributed by atoms with Gasteiger partial charge in [0.05, 0.1) is 19.9 Å². The number of nitrogens with one attached hydrogen (secondary N) is 1. The summed E-state index contributed by atoms with van der Waals surface area (Å²) in [7, 11) is 3.14. The highest BCUT2D eigenvalue weighted by molar-refractivity contribution is 6.04. The minimum absolute atomic E-state index is 0.220. The zero-order valence-electron chi connectivity index (χ0n) is 18.5. The molecular weight excluding hydrogens is 406 g/mol. The lowest BCUT2D eigenvalue weighted by atomic mass is 10.1. The topological polar surface area (TPSA) is 74.1 Å². The van der Waals surface area contributed by atoms with Crippen molar-refractivity contribution in [2.45, 2.75) is 20.5 Å². The lowest BCUT2D eigenvalue weighted by molar-refractivity contribution is 0.102. The van der Waals surface area contributed by atoms with Crippen LogP contribution in [0.5, 0.6) is 17.2 Å². The number of nitrogens with zero attached hydrogens (tertiary/aromatic N) is 2. The minimum atomic E-state index is -0.220. The number of anilines is 1. The lowest BCUT2D eigenvalue weighted by Crippen LogP contribution is -2.13. The number of aromatic nitrogens is 2. The summed E-state index contributed by atoms with van der Waals surface area (Å²) in [6.45, 7) is 4.27. The molecule has 0 saturated carbocycles. The molecule has 0 radical (unpaired) electrons. The molecule has 2 aromatic carbocycles. The van der Waals surface area contributed by atoms with E-state index < -0.39 is 0 Å². The van der Waals surface area contributed by atoms with Crippen molar-refractivity contribution in [2.24, 2.45) is 0 Å². The molecule has 0 unspecified atom stereocenters. The third-order valence-electron chi connectivity index (χ3n) is 5.21. The molecule has 7 nitrogen and oxygen atoms in total. The van der Waals surface area contributed by atoms with E-state index in [1.54, 1.807) is 44.6 Å². The Labute approximate surface area is 186 Å². The van der Waals surface area contributed by atoms with Gasteiger partial charge in [-0.25, -0.2) is 4.98 Å². The van der Waals surface area contributed by atoms with Gasteiger partial charge in [-0.15, -0.1) is 0 Å². The van der Waals surface area contributed by atoms with Gasteiger partial charge in [0.25, 0.3) is 5.91 Å². The summed E-state index contributed by atoms with van der Waals surface area (Å²) in [4.78, 5) is 17.3. The van der Waals surface area contributed by atoms with Crippen molar-refractivity contribution in [3.63, 3.8) is 0 Å². The highest BCUT2D eigenvalue weighted by Crippen LogP contribution is 2.33. The van der Waals surface area contributed by atoms with Gasteiger partial charge in [-0.2, -0.15) is 0 Å². The van der Waals surface area contributed by atoms with E-state index in [2.05, 4.69) is 10.3 Å². The zero-order valence-corrected chi connectivity index (χ0v) is 18.5. The van der Waals surface area contributed by atoms with Gasteiger partial charge in [-0.3, -0.25) is 4.79 Å². The van der Waals surface area contributed by atoms with Crippen molar-refractivity contribution in [1.82, 2.24) is 9.38 Å². The van der Waals surface area contributed by atoms with Crippen molar-refractivity contribution >= 4 is 17.2 Å². The SMILES string of the molecule is COc1cc(C)c(NC(=O)c2ccc(OCc3cn4cccc(C)c4n3)cc2)cc1OC. The van der Waals surface area contributed by atoms with Crippen LogP contribution < -0.4 is 19.5 Å². The standard InChI is InChI=1S/C25H25N3O4/c1-16-6-5-11-28-14-19(26-24(16)28)15-32-20-9-7-18(8-10-20)25(29)27-21-13-23(31-4)22(30-3)12-17(21)2/h5-14H,15H2,1-4H3,(H,27,29). The number of hydrogen-bond acceptors (Lipinski definition) is 5. The van der Waals surface area contributed by atoms with Crippen LogP contribution in [0.1, 0.15) is 27.2 Å². The van der Waals surface area contributed by atoms with Crippen LogP contribution in [0.2, 0.25) is 0 Å². The minimum Gasteiger partial charge on any atom is -0.493 e. The normalized spacial score (nSPS) is 10.8. The molecule has 0 atom stereocenters. The van der Waals surface area contributed by atoms with Crippen molar-refractivity contribution in [1.29, 1.82) is 0 Å². The first kappa shape index (κ1) is 21.2. The second kappa shape index (κ2) is 9.01. The summed E-state index contributed by atoms with van der Waals surface area (Å²) in [5, 5.41) is 2.92. The maximum atomic E-state index is 12.7. The summed E-state index contributed by atoms with van der Waals surface area (Å²) >= 11 is 0. The second-order valence-corrected chi connectivity index (χ2v) is 7.44. The van der Waals surface area contributed by atoms with Gasteiger partial charge < -0.3 is 23.9 Å². The fourth-order valence-corrected chi connectivity index (χ4v) is 3.44. The summed E-state index contributed by atoms with van der Waals surface area (Å²) in [5.41, 5.74) is 4.93. The fraction of sp³-hybridized carbons (Fsp3) is 0.200. The van der Waals surface area contributed by atoms with E-state index in [1.807, 2.05) is 48.8 Å². The third kappa shape index (κ3) is 4.37. The number of amides is 1. The molecule has 0 aliphatic carbocycles. The molecule has 1 amide bonds. The highest BCUT2D eigenvalue weighted by atomic mass is 16.5. The summed E-state index contributed by atoms with van der Waals surface area (Å²) < 4.78 is 18.5. The quantitative estimate of drug-likeness (QED) is 0.455. The average molecular weight is 431 g/mol. The Morgan fingerprint density at radius 3 is 2.41 bits per heavy atom. The van der Waals surface area contributed by atoms with Crippen molar-refractivity contribution in [2.75, 3.05) is 19.5 Å². The Balaban J connectivity index is 1.42. The highest BCUT2D eigenvalue weighted by Gasteiger charge is 2.13. The molecule has 7 heteroatoms. The third-order valence-corrected chi connectivity index (χ3v) is 5.21. The molecule has 0 aliphatic rings. The van der Waals surface area contributed by atoms with Gasteiger partial charge in [-0.05, 0) is 61.4 Å². The first-order valence-electron chi connectivity index (χ1n) is 10.2. The summed E-state index contributed by atoms with van der Waals surface area (Å²) in [5.74, 6) is 1.62. The van der Waals surface area contributed by atoms with Gasteiger partial charge in [0, 0.05) is 29.7 Å². The van der Waals surface area contributed by atoms with Crippen molar-refractivity contribution < 1.29 is 19.0 Å². The second-order valence-electron chi connectivity index (χ2n) is 7.44. The van der Waals surface area contributed by atoms with Gasteiger partial charge in [0.15, 0.2) is 11.5 Å². The number of ether oxygens (including phenoxy) is 3. The van der Waals surface area contributed by atoms with Crippen LogP contribution >= 0.6 is 0 Å². The van der Waals surface area contributed by atoms with E-state index in [0.717, 1.165) is 22.5 Å². The first-order chi connectivity index (χ1) is 15.5. The van der Waals surface area contributed by atoms with Gasteiger partial charge >= 0.3 is 0 Å². The van der Waals surface area contributed by atoms with Crippen LogP contribution in [0.15, 0.2) is 60.9 Å². The Kier molecular flexibility index (Phi) is 5.98. The predicted molar refractivity (Wildman–Crippen MR) is 123 cm³/mol. The molecule has 32 heavy (non-hydrogen) atoms. The summed E-state index contributed by atoms with van der Waals surface area (Å²) in [6.07, 6.45) is 3.92. The number of benzene rings is 2. The van der Waals surface area contributed by atoms with Crippen LogP contribution in [-0.2, 0) is 6.61 Å². The average Bonchev–Trinajstić information content (AvgIpc) is 3.23. The number of rotatable bonds is 7. The molecule has 0 aliphatic heterocycles. The molecular formula is C25H25N3O4. The molecule has 4 aromatic rings. The Hall–Kier alpha value is -4.00. The largest absolute Gasteiger partial charge is 0.493 e. The molecule has 2 heterocycles. The van der Waals surface area contributed by atoms with E-state index in [1.165, 1.54) is 0 Å². The van der Waals surface area contributed by atoms with Crippen molar-refractivity contribution in [3.05, 3.63) is 83.3 Å². The predicted octanol–water partition coefficient (Wildman–Crippen LogP) is 4.80. The Morgan fingerprint density at radius 2 is 1.72 bits per heavy atom. The van der Waals surface area contributed by atoms with E-state index >= 15 is 0 Å². The molecule has 0 saturated heterocycles. The van der Waals surface area contributed by atoms with Crippen LogP contribution in [0.4, 0.5) is 5.69 Å². The van der Waals surface area contributed by atoms with E-state index in [4.69, 9.17) is 14.2 Å². The number of carbonyl (C=O) groups excluding carboxylic acids is 1. The van der Waals surface area contributed by atoms with Gasteiger partial charge in [0.2, 0.25) is 0 Å². The monoisotopic (exact) mass is 431 g/mol. The maximum absolute atomic E-state index is 12.7. The number of aryl methyl sites for hydroxylation is 2. The number of carbonyl (C=O) groups is 1. The number of hydrogen-bond donors (Lipinski definition) is 1. The number of pyridine rings is 1.